The van der Waals surface area contributed by atoms with Gasteiger partial charge in [-0.2, -0.15) is 0 Å². The topological polar surface area (TPSA) is 55.1 Å². The van der Waals surface area contributed by atoms with Crippen molar-refractivity contribution in [2.24, 2.45) is 17.6 Å². The zero-order chi connectivity index (χ0) is 13.7. The number of benzene rings is 1. The Kier molecular flexibility index (Phi) is 7.03. The van der Waals surface area contributed by atoms with Crippen molar-refractivity contribution in [1.29, 1.82) is 0 Å². The van der Waals surface area contributed by atoms with Gasteiger partial charge in [0.15, 0.2) is 0 Å². The van der Waals surface area contributed by atoms with Gasteiger partial charge in [-0.1, -0.05) is 43.7 Å². The largest absolute Gasteiger partial charge is 0.355 e. The molecular weight excluding hydrogens is 272 g/mol. The molecule has 1 aromatic carbocycles. The molecule has 3 N–H and O–H groups in total. The zero-order valence-electron chi connectivity index (χ0n) is 12.0. The van der Waals surface area contributed by atoms with Crippen LogP contribution in [0, 0.1) is 11.8 Å². The van der Waals surface area contributed by atoms with E-state index in [1.165, 1.54) is 5.56 Å². The van der Waals surface area contributed by atoms with Crippen molar-refractivity contribution < 1.29 is 4.79 Å². The summed E-state index contributed by atoms with van der Waals surface area (Å²) in [4.78, 5) is 12.2. The second kappa shape index (κ2) is 8.28. The van der Waals surface area contributed by atoms with Crippen molar-refractivity contribution >= 4 is 18.3 Å². The lowest BCUT2D eigenvalue weighted by Crippen LogP contribution is -2.36. The average Bonchev–Trinajstić information content (AvgIpc) is 2.93. The SMILES string of the molecule is CC(CNC(=O)[C@@H]1CCC[C@@H]1CN)c1ccccc1.Cl. The second-order valence-electron chi connectivity index (χ2n) is 5.59. The normalized spacial score (nSPS) is 22.9. The van der Waals surface area contributed by atoms with Crippen LogP contribution < -0.4 is 11.1 Å². The molecule has 0 aliphatic heterocycles. The fraction of sp³-hybridized carbons (Fsp3) is 0.562. The summed E-state index contributed by atoms with van der Waals surface area (Å²) in [6.07, 6.45) is 3.23. The molecule has 4 heteroatoms. The van der Waals surface area contributed by atoms with E-state index in [2.05, 4.69) is 24.4 Å². The van der Waals surface area contributed by atoms with Gasteiger partial charge >= 0.3 is 0 Å². The van der Waals surface area contributed by atoms with Gasteiger partial charge in [-0.15, -0.1) is 12.4 Å². The Morgan fingerprint density at radius 2 is 2.05 bits per heavy atom. The molecule has 1 aromatic rings. The summed E-state index contributed by atoms with van der Waals surface area (Å²) >= 11 is 0. The lowest BCUT2D eigenvalue weighted by Gasteiger charge is -2.19. The Morgan fingerprint density at radius 3 is 2.70 bits per heavy atom. The fourth-order valence-corrected chi connectivity index (χ4v) is 2.95. The number of halogens is 1. The minimum atomic E-state index is 0. The van der Waals surface area contributed by atoms with Gasteiger partial charge < -0.3 is 11.1 Å². The van der Waals surface area contributed by atoms with E-state index in [-0.39, 0.29) is 24.2 Å². The first kappa shape index (κ1) is 17.0. The molecule has 2 rings (SSSR count). The number of nitrogens with one attached hydrogen (secondary N) is 1. The lowest BCUT2D eigenvalue weighted by molar-refractivity contribution is -0.126. The molecule has 0 spiro atoms. The highest BCUT2D eigenvalue weighted by molar-refractivity contribution is 5.85. The second-order valence-corrected chi connectivity index (χ2v) is 5.59. The van der Waals surface area contributed by atoms with Gasteiger partial charge in [-0.3, -0.25) is 4.79 Å². The molecule has 20 heavy (non-hydrogen) atoms. The van der Waals surface area contributed by atoms with Crippen LogP contribution in [-0.4, -0.2) is 19.0 Å². The standard InChI is InChI=1S/C16H24N2O.ClH/c1-12(13-6-3-2-4-7-13)11-18-16(19)15-9-5-8-14(15)10-17;/h2-4,6-7,12,14-15H,5,8-11,17H2,1H3,(H,18,19);1H/t12?,14-,15-;/m1./s1. The molecule has 1 aliphatic carbocycles. The van der Waals surface area contributed by atoms with Gasteiger partial charge in [-0.25, -0.2) is 0 Å². The van der Waals surface area contributed by atoms with E-state index in [9.17, 15) is 4.79 Å². The van der Waals surface area contributed by atoms with Crippen molar-refractivity contribution in [3.8, 4) is 0 Å². The number of amides is 1. The first-order valence-electron chi connectivity index (χ1n) is 7.25. The third-order valence-electron chi connectivity index (χ3n) is 4.25. The van der Waals surface area contributed by atoms with E-state index < -0.39 is 0 Å². The van der Waals surface area contributed by atoms with E-state index in [4.69, 9.17) is 5.73 Å². The Labute approximate surface area is 127 Å². The van der Waals surface area contributed by atoms with Gasteiger partial charge in [0.1, 0.15) is 0 Å². The van der Waals surface area contributed by atoms with Crippen LogP contribution in [0.3, 0.4) is 0 Å². The van der Waals surface area contributed by atoms with Crippen LogP contribution in [0.5, 0.6) is 0 Å². The first-order valence-corrected chi connectivity index (χ1v) is 7.25. The zero-order valence-corrected chi connectivity index (χ0v) is 12.9. The van der Waals surface area contributed by atoms with Crippen LogP contribution in [0.2, 0.25) is 0 Å². The molecule has 0 bridgehead atoms. The average molecular weight is 297 g/mol. The van der Waals surface area contributed by atoms with Gasteiger partial charge in [0, 0.05) is 12.5 Å². The Bertz CT molecular complexity index is 410. The van der Waals surface area contributed by atoms with Crippen molar-refractivity contribution in [1.82, 2.24) is 5.32 Å². The van der Waals surface area contributed by atoms with Gasteiger partial charge in [-0.05, 0) is 36.8 Å². The number of carbonyl (C=O) groups is 1. The highest BCUT2D eigenvalue weighted by atomic mass is 35.5. The van der Waals surface area contributed by atoms with E-state index >= 15 is 0 Å². The number of hydrogen-bond donors (Lipinski definition) is 2. The maximum atomic E-state index is 12.2. The molecule has 0 aromatic heterocycles. The molecule has 1 aliphatic rings. The minimum Gasteiger partial charge on any atom is -0.355 e. The smallest absolute Gasteiger partial charge is 0.223 e. The molecule has 112 valence electrons. The van der Waals surface area contributed by atoms with Crippen LogP contribution in [0.1, 0.15) is 37.7 Å². The quantitative estimate of drug-likeness (QED) is 0.878. The lowest BCUT2D eigenvalue weighted by atomic mass is 9.95. The number of carbonyl (C=O) groups excluding carboxylic acids is 1. The fourth-order valence-electron chi connectivity index (χ4n) is 2.95. The van der Waals surface area contributed by atoms with Gasteiger partial charge in [0.2, 0.25) is 5.91 Å². The van der Waals surface area contributed by atoms with Gasteiger partial charge in [0.05, 0.1) is 0 Å². The van der Waals surface area contributed by atoms with Crippen LogP contribution in [0.25, 0.3) is 0 Å². The molecule has 3 atom stereocenters. The summed E-state index contributed by atoms with van der Waals surface area (Å²) in [5, 5.41) is 3.09. The van der Waals surface area contributed by atoms with E-state index in [1.54, 1.807) is 0 Å². The first-order chi connectivity index (χ1) is 9.22. The molecule has 0 heterocycles. The van der Waals surface area contributed by atoms with Crippen molar-refractivity contribution in [3.05, 3.63) is 35.9 Å². The summed E-state index contributed by atoms with van der Waals surface area (Å²) in [5.74, 6) is 1.05. The summed E-state index contributed by atoms with van der Waals surface area (Å²) < 4.78 is 0. The molecule has 3 nitrogen and oxygen atoms in total. The maximum absolute atomic E-state index is 12.2. The summed E-state index contributed by atoms with van der Waals surface area (Å²) in [6.45, 7) is 3.48. The van der Waals surface area contributed by atoms with Crippen molar-refractivity contribution in [3.63, 3.8) is 0 Å². The van der Waals surface area contributed by atoms with E-state index in [0.717, 1.165) is 19.3 Å². The summed E-state index contributed by atoms with van der Waals surface area (Å²) in [6, 6.07) is 10.3. The Hall–Kier alpha value is -1.06. The Balaban J connectivity index is 0.00000200. The van der Waals surface area contributed by atoms with Crippen LogP contribution in [-0.2, 0) is 4.79 Å². The van der Waals surface area contributed by atoms with Crippen molar-refractivity contribution in [2.75, 3.05) is 13.1 Å². The minimum absolute atomic E-state index is 0. The molecule has 1 saturated carbocycles. The molecule has 0 radical (unpaired) electrons. The van der Waals surface area contributed by atoms with E-state index in [0.29, 0.717) is 24.9 Å². The molecule has 0 saturated heterocycles. The highest BCUT2D eigenvalue weighted by Crippen LogP contribution is 2.31. The number of nitrogens with two attached hydrogens (primary N) is 1. The van der Waals surface area contributed by atoms with Crippen LogP contribution >= 0.6 is 12.4 Å². The predicted octanol–water partition coefficient (Wildman–Crippen LogP) is 2.70. The molecule has 1 amide bonds. The monoisotopic (exact) mass is 296 g/mol. The molecule has 1 unspecified atom stereocenters. The van der Waals surface area contributed by atoms with Crippen LogP contribution in [0.15, 0.2) is 30.3 Å². The summed E-state index contributed by atoms with van der Waals surface area (Å²) in [5.41, 5.74) is 7.00. The Morgan fingerprint density at radius 1 is 1.35 bits per heavy atom. The number of rotatable bonds is 5. The van der Waals surface area contributed by atoms with Crippen LogP contribution in [0.4, 0.5) is 0 Å². The molecule has 1 fully saturated rings. The third-order valence-corrected chi connectivity index (χ3v) is 4.25. The summed E-state index contributed by atoms with van der Waals surface area (Å²) in [7, 11) is 0. The van der Waals surface area contributed by atoms with E-state index in [1.807, 2.05) is 18.2 Å². The predicted molar refractivity (Wildman–Crippen MR) is 85.0 cm³/mol. The highest BCUT2D eigenvalue weighted by Gasteiger charge is 2.31. The van der Waals surface area contributed by atoms with Crippen molar-refractivity contribution in [2.45, 2.75) is 32.1 Å². The molecular formula is C16H25ClN2O. The maximum Gasteiger partial charge on any atom is 0.223 e. The van der Waals surface area contributed by atoms with Gasteiger partial charge in [0.25, 0.3) is 0 Å². The third kappa shape index (κ3) is 4.22. The number of hydrogen-bond acceptors (Lipinski definition) is 2.